The van der Waals surface area contributed by atoms with Crippen LogP contribution in [0.4, 0.5) is 0 Å². The van der Waals surface area contributed by atoms with Gasteiger partial charge in [-0.05, 0) is 117 Å². The fourth-order valence-electron chi connectivity index (χ4n) is 11.0. The topological polar surface area (TPSA) is 115 Å². The minimum Gasteiger partial charge on any atom is -0.393 e. The van der Waals surface area contributed by atoms with E-state index in [0.29, 0.717) is 41.9 Å². The molecule has 5 saturated carbocycles. The molecule has 0 radical (unpaired) electrons. The van der Waals surface area contributed by atoms with E-state index in [0.717, 1.165) is 77.0 Å². The van der Waals surface area contributed by atoms with Gasteiger partial charge in [-0.2, -0.15) is 8.42 Å². The molecular weight excluding hydrogens is 526 g/mol. The summed E-state index contributed by atoms with van der Waals surface area (Å²) in [4.78, 5) is 15.2. The van der Waals surface area contributed by atoms with Crippen molar-refractivity contribution in [2.45, 2.75) is 135 Å². The van der Waals surface area contributed by atoms with Gasteiger partial charge in [-0.3, -0.25) is 9.35 Å². The van der Waals surface area contributed by atoms with Crippen LogP contribution in [0.15, 0.2) is 0 Å². The summed E-state index contributed by atoms with van der Waals surface area (Å²) in [7, 11) is -4.12. The van der Waals surface area contributed by atoms with E-state index in [1.54, 1.807) is 4.90 Å². The highest BCUT2D eigenvalue weighted by Crippen LogP contribution is 2.68. The van der Waals surface area contributed by atoms with E-state index in [1.165, 1.54) is 12.8 Å². The van der Waals surface area contributed by atoms with Crippen LogP contribution in [0, 0.1) is 46.3 Å². The lowest BCUT2D eigenvalue weighted by Crippen LogP contribution is -2.58. The molecule has 10 unspecified atom stereocenters. The number of hydrogen-bond acceptors (Lipinski definition) is 5. The molecule has 40 heavy (non-hydrogen) atoms. The third kappa shape index (κ3) is 5.77. The monoisotopic (exact) mass is 581 g/mol. The molecule has 5 fully saturated rings. The summed E-state index contributed by atoms with van der Waals surface area (Å²) < 4.78 is 32.3. The Morgan fingerprint density at radius 3 is 2.38 bits per heavy atom. The molecule has 1 amide bonds. The molecule has 10 atom stereocenters. The summed E-state index contributed by atoms with van der Waals surface area (Å²) in [5.74, 6) is 2.56. The lowest BCUT2D eigenvalue weighted by Gasteiger charge is -2.62. The van der Waals surface area contributed by atoms with Gasteiger partial charge in [0.2, 0.25) is 5.91 Å². The maximum absolute atomic E-state index is 13.5. The van der Waals surface area contributed by atoms with E-state index in [1.807, 2.05) is 0 Å². The highest BCUT2D eigenvalue weighted by atomic mass is 32.2. The van der Waals surface area contributed by atoms with Crippen molar-refractivity contribution in [3.8, 4) is 0 Å². The van der Waals surface area contributed by atoms with Crippen LogP contribution in [-0.2, 0) is 14.9 Å². The van der Waals surface area contributed by atoms with Crippen LogP contribution in [0.2, 0.25) is 0 Å². The van der Waals surface area contributed by atoms with Gasteiger partial charge in [0.1, 0.15) is 0 Å². The van der Waals surface area contributed by atoms with Crippen molar-refractivity contribution in [2.24, 2.45) is 46.3 Å². The molecule has 3 N–H and O–H groups in total. The maximum Gasteiger partial charge on any atom is 0.266 e. The number of fused-ring (bicyclic) bond motifs is 5. The summed E-state index contributed by atoms with van der Waals surface area (Å²) >= 11 is 0. The Bertz CT molecular complexity index is 1010. The van der Waals surface area contributed by atoms with Crippen LogP contribution in [0.1, 0.15) is 117 Å². The molecule has 7 nitrogen and oxygen atoms in total. The molecule has 8 heteroatoms. The summed E-state index contributed by atoms with van der Waals surface area (Å²) in [6.07, 6.45) is 14.2. The number of nitrogens with zero attached hydrogens (tertiary/aromatic N) is 1. The molecule has 0 spiro atoms. The largest absolute Gasteiger partial charge is 0.393 e. The van der Waals surface area contributed by atoms with Gasteiger partial charge < -0.3 is 15.1 Å². The smallest absolute Gasteiger partial charge is 0.266 e. The molecule has 5 aliphatic rings. The molecule has 0 aromatic heterocycles. The van der Waals surface area contributed by atoms with Crippen molar-refractivity contribution in [3.63, 3.8) is 0 Å². The molecule has 0 aromatic carbocycles. The second kappa shape index (κ2) is 11.8. The fraction of sp³-hybridized carbons (Fsp3) is 0.969. The van der Waals surface area contributed by atoms with Gasteiger partial charge in [-0.25, -0.2) is 0 Å². The Balaban J connectivity index is 1.25. The number of aliphatic hydroxyl groups excluding tert-OH is 2. The number of carbonyl (C=O) groups excluding carboxylic acids is 1. The maximum atomic E-state index is 13.5. The van der Waals surface area contributed by atoms with E-state index < -0.39 is 15.9 Å². The molecule has 0 aromatic rings. The van der Waals surface area contributed by atoms with E-state index in [4.69, 9.17) is 0 Å². The van der Waals surface area contributed by atoms with Gasteiger partial charge in [0.05, 0.1) is 18.0 Å². The number of hydrogen-bond donors (Lipinski definition) is 3. The minimum atomic E-state index is -4.12. The molecule has 5 aliphatic carbocycles. The third-order valence-electron chi connectivity index (χ3n) is 13.2. The summed E-state index contributed by atoms with van der Waals surface area (Å²) in [5, 5.41) is 22.2. The standard InChI is InChI=1S/C32H55NO6S/c1-21(9-14-30(36)33(17-18-40(37,38)39)23-7-5-4-6-8-23)26-12-13-27-25-11-10-22-19-24(34)15-16-31(22,2)28(25)20-29(35)32(26,27)3/h21-29,34-35H,4-20H2,1-3H3,(H,37,38,39). The van der Waals surface area contributed by atoms with Crippen molar-refractivity contribution in [2.75, 3.05) is 12.3 Å². The average Bonchev–Trinajstić information content (AvgIpc) is 3.27. The second-order valence-electron chi connectivity index (χ2n) is 15.1. The number of carbonyl (C=O) groups is 1. The number of aliphatic hydroxyl groups is 2. The van der Waals surface area contributed by atoms with Crippen LogP contribution in [-0.4, -0.2) is 64.5 Å². The molecule has 5 rings (SSSR count). The molecule has 0 saturated heterocycles. The quantitative estimate of drug-likeness (QED) is 0.329. The van der Waals surface area contributed by atoms with E-state index in [2.05, 4.69) is 20.8 Å². The van der Waals surface area contributed by atoms with Gasteiger partial charge >= 0.3 is 0 Å². The first kappa shape index (κ1) is 30.7. The van der Waals surface area contributed by atoms with E-state index in [9.17, 15) is 28.0 Å². The molecule has 230 valence electrons. The Labute approximate surface area is 242 Å². The Morgan fingerprint density at radius 1 is 0.950 bits per heavy atom. The molecule has 0 bridgehead atoms. The van der Waals surface area contributed by atoms with Crippen LogP contribution in [0.3, 0.4) is 0 Å². The predicted octanol–water partition coefficient (Wildman–Crippen LogP) is 5.44. The zero-order valence-electron chi connectivity index (χ0n) is 25.1. The lowest BCUT2D eigenvalue weighted by molar-refractivity contribution is -0.175. The second-order valence-corrected chi connectivity index (χ2v) is 16.6. The van der Waals surface area contributed by atoms with E-state index in [-0.39, 0.29) is 41.5 Å². The lowest BCUT2D eigenvalue weighted by atomic mass is 9.43. The third-order valence-corrected chi connectivity index (χ3v) is 13.9. The molecule has 0 aliphatic heterocycles. The van der Waals surface area contributed by atoms with Crippen molar-refractivity contribution in [1.82, 2.24) is 4.90 Å². The van der Waals surface area contributed by atoms with Gasteiger partial charge in [0, 0.05) is 19.0 Å². The normalized spacial score (nSPS) is 42.9. The first-order valence-corrected chi connectivity index (χ1v) is 18.1. The summed E-state index contributed by atoms with van der Waals surface area (Å²) in [6, 6.07) is 0.0705. The first-order chi connectivity index (χ1) is 18.8. The van der Waals surface area contributed by atoms with Crippen molar-refractivity contribution < 1.29 is 28.0 Å². The van der Waals surface area contributed by atoms with Gasteiger partial charge in [-0.1, -0.05) is 40.0 Å². The zero-order valence-corrected chi connectivity index (χ0v) is 26.0. The van der Waals surface area contributed by atoms with Crippen molar-refractivity contribution in [1.29, 1.82) is 0 Å². The first-order valence-electron chi connectivity index (χ1n) is 16.4. The Hall–Kier alpha value is -0.700. The van der Waals surface area contributed by atoms with Crippen molar-refractivity contribution >= 4 is 16.0 Å². The highest BCUT2D eigenvalue weighted by molar-refractivity contribution is 7.85. The summed E-state index contributed by atoms with van der Waals surface area (Å²) in [5.41, 5.74) is 0.0975. The van der Waals surface area contributed by atoms with Crippen LogP contribution in [0.5, 0.6) is 0 Å². The zero-order chi connectivity index (χ0) is 28.9. The molecule has 0 heterocycles. The number of rotatable bonds is 8. The summed E-state index contributed by atoms with van der Waals surface area (Å²) in [6.45, 7) is 7.12. The highest BCUT2D eigenvalue weighted by Gasteiger charge is 2.63. The van der Waals surface area contributed by atoms with Crippen LogP contribution >= 0.6 is 0 Å². The van der Waals surface area contributed by atoms with Crippen LogP contribution < -0.4 is 0 Å². The fourth-order valence-corrected chi connectivity index (χ4v) is 11.4. The van der Waals surface area contributed by atoms with E-state index >= 15 is 0 Å². The predicted molar refractivity (Wildman–Crippen MR) is 156 cm³/mol. The Kier molecular flexibility index (Phi) is 9.04. The average molecular weight is 582 g/mol. The SMILES string of the molecule is CC(CCC(=O)N(CCS(=O)(=O)O)C1CCCCC1)C1CCC2C3CCC4CC(O)CCC4(C)C3CC(O)C12C. The van der Waals surface area contributed by atoms with Gasteiger partial charge in [0.25, 0.3) is 10.1 Å². The Morgan fingerprint density at radius 2 is 1.68 bits per heavy atom. The molecular formula is C32H55NO6S. The van der Waals surface area contributed by atoms with Crippen LogP contribution in [0.25, 0.3) is 0 Å². The van der Waals surface area contributed by atoms with Crippen molar-refractivity contribution in [3.05, 3.63) is 0 Å². The minimum absolute atomic E-state index is 0.0112. The van der Waals surface area contributed by atoms with Gasteiger partial charge in [0.15, 0.2) is 0 Å². The number of amides is 1. The van der Waals surface area contributed by atoms with Gasteiger partial charge in [-0.15, -0.1) is 0 Å².